The lowest BCUT2D eigenvalue weighted by atomic mass is 10.2. The molecule has 1 atom stereocenters. The second kappa shape index (κ2) is 2.87. The van der Waals surface area contributed by atoms with Crippen molar-refractivity contribution in [3.63, 3.8) is 0 Å². The van der Waals surface area contributed by atoms with Gasteiger partial charge in [0, 0.05) is 13.2 Å². The van der Waals surface area contributed by atoms with Crippen molar-refractivity contribution in [1.82, 2.24) is 9.78 Å². The second-order valence-electron chi connectivity index (χ2n) is 3.32. The van der Waals surface area contributed by atoms with E-state index in [1.807, 2.05) is 26.2 Å². The first-order valence-electron chi connectivity index (χ1n) is 4.33. The van der Waals surface area contributed by atoms with E-state index in [0.29, 0.717) is 5.82 Å². The van der Waals surface area contributed by atoms with Gasteiger partial charge in [0.1, 0.15) is 11.4 Å². The molecule has 1 N–H and O–H groups in total. The van der Waals surface area contributed by atoms with Gasteiger partial charge in [-0.3, -0.25) is 0 Å². The van der Waals surface area contributed by atoms with E-state index >= 15 is 0 Å². The molecule has 0 aromatic carbocycles. The van der Waals surface area contributed by atoms with E-state index in [2.05, 4.69) is 5.10 Å². The quantitative estimate of drug-likeness (QED) is 0.725. The van der Waals surface area contributed by atoms with Crippen molar-refractivity contribution in [2.45, 2.75) is 13.0 Å². The molecule has 1 unspecified atom stereocenters. The van der Waals surface area contributed by atoms with Crippen LogP contribution in [0.4, 0.5) is 5.82 Å². The first-order valence-corrected chi connectivity index (χ1v) is 4.33. The van der Waals surface area contributed by atoms with Crippen molar-refractivity contribution < 1.29 is 9.90 Å². The highest BCUT2D eigenvalue weighted by Crippen LogP contribution is 2.27. The van der Waals surface area contributed by atoms with Crippen molar-refractivity contribution in [3.8, 4) is 0 Å². The Labute approximate surface area is 81.2 Å². The molecule has 74 valence electrons. The van der Waals surface area contributed by atoms with Crippen molar-refractivity contribution in [3.05, 3.63) is 24.0 Å². The van der Waals surface area contributed by atoms with Crippen LogP contribution in [-0.4, -0.2) is 27.9 Å². The van der Waals surface area contributed by atoms with Gasteiger partial charge in [0.05, 0.1) is 12.2 Å². The molecule has 0 saturated heterocycles. The molecule has 0 bridgehead atoms. The zero-order valence-corrected chi connectivity index (χ0v) is 8.01. The van der Waals surface area contributed by atoms with Gasteiger partial charge < -0.3 is 10.0 Å². The zero-order chi connectivity index (χ0) is 10.3. The van der Waals surface area contributed by atoms with E-state index in [1.54, 1.807) is 9.58 Å². The summed E-state index contributed by atoms with van der Waals surface area (Å²) < 4.78 is 1.70. The maximum atomic E-state index is 10.9. The summed E-state index contributed by atoms with van der Waals surface area (Å²) in [5, 5.41) is 13.0. The molecule has 0 spiro atoms. The summed E-state index contributed by atoms with van der Waals surface area (Å²) >= 11 is 0. The van der Waals surface area contributed by atoms with Gasteiger partial charge in [-0.25, -0.2) is 9.48 Å². The Kier molecular flexibility index (Phi) is 1.80. The van der Waals surface area contributed by atoms with Gasteiger partial charge in [0.2, 0.25) is 0 Å². The predicted octanol–water partition coefficient (Wildman–Crippen LogP) is 1.11. The molecule has 5 nitrogen and oxygen atoms in total. The van der Waals surface area contributed by atoms with Gasteiger partial charge >= 0.3 is 5.97 Å². The smallest absolute Gasteiger partial charge is 0.341 e. The first-order chi connectivity index (χ1) is 6.61. The fourth-order valence-electron chi connectivity index (χ4n) is 1.56. The largest absolute Gasteiger partial charge is 0.477 e. The van der Waals surface area contributed by atoms with Gasteiger partial charge in [0.25, 0.3) is 0 Å². The molecule has 5 heteroatoms. The lowest BCUT2D eigenvalue weighted by Gasteiger charge is -2.24. The minimum atomic E-state index is -0.944. The second-order valence-corrected chi connectivity index (χ2v) is 3.32. The molecule has 14 heavy (non-hydrogen) atoms. The topological polar surface area (TPSA) is 58.4 Å². The van der Waals surface area contributed by atoms with Crippen LogP contribution in [0.15, 0.2) is 18.5 Å². The highest BCUT2D eigenvalue weighted by molar-refractivity contribution is 5.93. The molecule has 0 aliphatic carbocycles. The standard InChI is InChI=1S/C9H11N3O2/c1-6-3-4-11(2)8-7(9(13)14)5-10-12(6)8/h3-6H,1-2H3,(H,13,14). The summed E-state index contributed by atoms with van der Waals surface area (Å²) in [5.74, 6) is -0.312. The number of carboxylic acids is 1. The Balaban J connectivity index is 2.57. The fraction of sp³-hybridized carbons (Fsp3) is 0.333. The average molecular weight is 193 g/mol. The number of aromatic carboxylic acids is 1. The normalized spacial score (nSPS) is 19.6. The molecule has 1 aromatic rings. The molecular weight excluding hydrogens is 182 g/mol. The number of carbonyl (C=O) groups is 1. The number of carboxylic acid groups (broad SMARTS) is 1. The monoisotopic (exact) mass is 193 g/mol. The lowest BCUT2D eigenvalue weighted by Crippen LogP contribution is -2.22. The van der Waals surface area contributed by atoms with Crippen molar-refractivity contribution in [2.24, 2.45) is 0 Å². The molecule has 2 rings (SSSR count). The molecule has 1 aliphatic heterocycles. The molecular formula is C9H11N3O2. The van der Waals surface area contributed by atoms with Crippen LogP contribution in [0.5, 0.6) is 0 Å². The molecule has 0 radical (unpaired) electrons. The summed E-state index contributed by atoms with van der Waals surface area (Å²) in [6.07, 6.45) is 5.21. The van der Waals surface area contributed by atoms with Gasteiger partial charge in [0.15, 0.2) is 0 Å². The minimum absolute atomic E-state index is 0.106. The Morgan fingerprint density at radius 2 is 2.36 bits per heavy atom. The Morgan fingerprint density at radius 3 is 3.00 bits per heavy atom. The highest BCUT2D eigenvalue weighted by atomic mass is 16.4. The number of aromatic nitrogens is 2. The van der Waals surface area contributed by atoms with Gasteiger partial charge in [-0.1, -0.05) is 0 Å². The maximum Gasteiger partial charge on any atom is 0.341 e. The number of fused-ring (bicyclic) bond motifs is 1. The number of allylic oxidation sites excluding steroid dienone is 1. The van der Waals surface area contributed by atoms with E-state index in [1.165, 1.54) is 6.20 Å². The number of anilines is 1. The molecule has 0 amide bonds. The molecule has 2 heterocycles. The predicted molar refractivity (Wildman–Crippen MR) is 51.4 cm³/mol. The molecule has 0 fully saturated rings. The van der Waals surface area contributed by atoms with Crippen molar-refractivity contribution in [2.75, 3.05) is 11.9 Å². The Bertz CT molecular complexity index is 408. The van der Waals surface area contributed by atoms with Gasteiger partial charge in [-0.05, 0) is 13.0 Å². The van der Waals surface area contributed by atoms with Crippen LogP contribution >= 0.6 is 0 Å². The summed E-state index contributed by atoms with van der Waals surface area (Å²) in [4.78, 5) is 12.6. The summed E-state index contributed by atoms with van der Waals surface area (Å²) in [7, 11) is 1.81. The maximum absolute atomic E-state index is 10.9. The molecule has 0 saturated carbocycles. The van der Waals surface area contributed by atoms with E-state index < -0.39 is 5.97 Å². The van der Waals surface area contributed by atoms with Crippen LogP contribution in [0, 0.1) is 0 Å². The van der Waals surface area contributed by atoms with Gasteiger partial charge in [-0.2, -0.15) is 5.10 Å². The Hall–Kier alpha value is -1.78. The molecule has 1 aromatic heterocycles. The third kappa shape index (κ3) is 1.09. The third-order valence-electron chi connectivity index (χ3n) is 2.31. The minimum Gasteiger partial charge on any atom is -0.477 e. The van der Waals surface area contributed by atoms with Crippen LogP contribution < -0.4 is 4.90 Å². The number of hydrogen-bond donors (Lipinski definition) is 1. The average Bonchev–Trinajstić information content (AvgIpc) is 2.56. The first kappa shape index (κ1) is 8.80. The van der Waals surface area contributed by atoms with E-state index in [-0.39, 0.29) is 11.6 Å². The van der Waals surface area contributed by atoms with Crippen LogP contribution in [-0.2, 0) is 0 Å². The number of rotatable bonds is 1. The Morgan fingerprint density at radius 1 is 1.64 bits per heavy atom. The summed E-state index contributed by atoms with van der Waals surface area (Å²) in [6.45, 7) is 1.96. The lowest BCUT2D eigenvalue weighted by molar-refractivity contribution is 0.0697. The van der Waals surface area contributed by atoms with E-state index in [9.17, 15) is 4.79 Å². The fourth-order valence-corrected chi connectivity index (χ4v) is 1.56. The van der Waals surface area contributed by atoms with E-state index in [0.717, 1.165) is 0 Å². The van der Waals surface area contributed by atoms with Crippen LogP contribution in [0.1, 0.15) is 23.3 Å². The van der Waals surface area contributed by atoms with Gasteiger partial charge in [-0.15, -0.1) is 0 Å². The highest BCUT2D eigenvalue weighted by Gasteiger charge is 2.23. The SMILES string of the molecule is CC1C=CN(C)c2c(C(=O)O)cnn21. The van der Waals surface area contributed by atoms with Crippen LogP contribution in [0.25, 0.3) is 0 Å². The third-order valence-corrected chi connectivity index (χ3v) is 2.31. The zero-order valence-electron chi connectivity index (χ0n) is 8.01. The van der Waals surface area contributed by atoms with Crippen LogP contribution in [0.2, 0.25) is 0 Å². The van der Waals surface area contributed by atoms with E-state index in [4.69, 9.17) is 5.11 Å². The van der Waals surface area contributed by atoms with Crippen molar-refractivity contribution >= 4 is 11.8 Å². The number of hydrogen-bond acceptors (Lipinski definition) is 3. The van der Waals surface area contributed by atoms with Crippen LogP contribution in [0.3, 0.4) is 0 Å². The van der Waals surface area contributed by atoms with Crippen molar-refractivity contribution in [1.29, 1.82) is 0 Å². The summed E-state index contributed by atoms with van der Waals surface area (Å²) in [6, 6.07) is 0.106. The summed E-state index contributed by atoms with van der Waals surface area (Å²) in [5.41, 5.74) is 0.240. The molecule has 1 aliphatic rings. The number of nitrogens with zero attached hydrogens (tertiary/aromatic N) is 3.